The molecule has 2 rings (SSSR count). The van der Waals surface area contributed by atoms with Crippen molar-refractivity contribution in [2.45, 2.75) is 19.9 Å². The van der Waals surface area contributed by atoms with E-state index in [1.54, 1.807) is 17.0 Å². The van der Waals surface area contributed by atoms with Gasteiger partial charge in [0.2, 0.25) is 0 Å². The first kappa shape index (κ1) is 15.7. The smallest absolute Gasteiger partial charge is 0.257 e. The Balaban J connectivity index is 2.02. The largest absolute Gasteiger partial charge is 0.507 e. The van der Waals surface area contributed by atoms with Crippen LogP contribution in [0.1, 0.15) is 22.8 Å². The molecule has 6 heteroatoms. The molecule has 0 bridgehead atoms. The summed E-state index contributed by atoms with van der Waals surface area (Å²) >= 11 is 5.01. The standard InChI is InChI=1S/C15H21N3O2S/c1-10-3-4-12(13(19)9-10)15(20)18-7-5-17(6-8-18)11(2)14(16)21/h3-4,9,11,19H,5-8H2,1-2H3,(H2,16,21). The molecule has 1 aliphatic heterocycles. The molecule has 5 nitrogen and oxygen atoms in total. The molecule has 0 spiro atoms. The lowest BCUT2D eigenvalue weighted by Crippen LogP contribution is -2.53. The number of amides is 1. The highest BCUT2D eigenvalue weighted by molar-refractivity contribution is 7.80. The van der Waals surface area contributed by atoms with Crippen LogP contribution in [0.25, 0.3) is 0 Å². The maximum absolute atomic E-state index is 12.4. The Kier molecular flexibility index (Phi) is 4.80. The molecule has 1 unspecified atom stereocenters. The Labute approximate surface area is 130 Å². The van der Waals surface area contributed by atoms with E-state index in [4.69, 9.17) is 18.0 Å². The SMILES string of the molecule is Cc1ccc(C(=O)N2CCN(C(C)C(N)=S)CC2)c(O)c1. The molecule has 0 saturated carbocycles. The molecule has 1 amide bonds. The van der Waals surface area contributed by atoms with Crippen molar-refractivity contribution in [1.29, 1.82) is 0 Å². The van der Waals surface area contributed by atoms with Gasteiger partial charge in [0.25, 0.3) is 5.91 Å². The number of thiocarbonyl (C=S) groups is 1. The minimum Gasteiger partial charge on any atom is -0.507 e. The van der Waals surface area contributed by atoms with E-state index in [-0.39, 0.29) is 17.7 Å². The average Bonchev–Trinajstić information content (AvgIpc) is 2.46. The molecule has 114 valence electrons. The summed E-state index contributed by atoms with van der Waals surface area (Å²) in [7, 11) is 0. The molecular formula is C15H21N3O2S. The number of nitrogens with two attached hydrogens (primary N) is 1. The van der Waals surface area contributed by atoms with E-state index < -0.39 is 0 Å². The van der Waals surface area contributed by atoms with Crippen molar-refractivity contribution in [3.05, 3.63) is 29.3 Å². The van der Waals surface area contributed by atoms with Crippen LogP contribution in [0.2, 0.25) is 0 Å². The second-order valence-electron chi connectivity index (χ2n) is 5.43. The fourth-order valence-corrected chi connectivity index (χ4v) is 2.63. The monoisotopic (exact) mass is 307 g/mol. The molecule has 0 aliphatic carbocycles. The number of phenolic OH excluding ortho intramolecular Hbond substituents is 1. The number of aromatic hydroxyl groups is 1. The van der Waals surface area contributed by atoms with Gasteiger partial charge in [0.1, 0.15) is 5.75 Å². The van der Waals surface area contributed by atoms with Crippen molar-refractivity contribution in [3.8, 4) is 5.75 Å². The van der Waals surface area contributed by atoms with Crippen LogP contribution in [0.15, 0.2) is 18.2 Å². The average molecular weight is 307 g/mol. The number of hydrogen-bond donors (Lipinski definition) is 2. The Morgan fingerprint density at radius 2 is 1.95 bits per heavy atom. The van der Waals surface area contributed by atoms with Crippen molar-refractivity contribution in [3.63, 3.8) is 0 Å². The zero-order chi connectivity index (χ0) is 15.6. The zero-order valence-corrected chi connectivity index (χ0v) is 13.2. The lowest BCUT2D eigenvalue weighted by atomic mass is 10.1. The van der Waals surface area contributed by atoms with Gasteiger partial charge in [-0.15, -0.1) is 0 Å². The predicted octanol–water partition coefficient (Wildman–Crippen LogP) is 1.13. The molecular weight excluding hydrogens is 286 g/mol. The third-order valence-electron chi connectivity index (χ3n) is 3.94. The van der Waals surface area contributed by atoms with Crippen molar-refractivity contribution in [1.82, 2.24) is 9.80 Å². The van der Waals surface area contributed by atoms with Gasteiger partial charge in [-0.2, -0.15) is 0 Å². The third-order valence-corrected chi connectivity index (χ3v) is 4.29. The van der Waals surface area contributed by atoms with Gasteiger partial charge in [-0.1, -0.05) is 18.3 Å². The normalized spacial score (nSPS) is 17.5. The molecule has 0 radical (unpaired) electrons. The van der Waals surface area contributed by atoms with Crippen LogP contribution >= 0.6 is 12.2 Å². The van der Waals surface area contributed by atoms with Gasteiger partial charge in [-0.3, -0.25) is 9.69 Å². The number of phenols is 1. The highest BCUT2D eigenvalue weighted by Gasteiger charge is 2.26. The fraction of sp³-hybridized carbons (Fsp3) is 0.467. The zero-order valence-electron chi connectivity index (χ0n) is 12.4. The number of rotatable bonds is 3. The van der Waals surface area contributed by atoms with Crippen molar-refractivity contribution < 1.29 is 9.90 Å². The van der Waals surface area contributed by atoms with Crippen molar-refractivity contribution in [2.24, 2.45) is 5.73 Å². The van der Waals surface area contributed by atoms with Crippen LogP contribution in [-0.2, 0) is 0 Å². The minimum atomic E-state index is -0.130. The van der Waals surface area contributed by atoms with Gasteiger partial charge in [0.05, 0.1) is 16.6 Å². The van der Waals surface area contributed by atoms with Gasteiger partial charge in [0, 0.05) is 26.2 Å². The van der Waals surface area contributed by atoms with Gasteiger partial charge in [-0.05, 0) is 31.5 Å². The van der Waals surface area contributed by atoms with Gasteiger partial charge < -0.3 is 15.7 Å². The summed E-state index contributed by atoms with van der Waals surface area (Å²) in [5, 5.41) is 9.91. The summed E-state index contributed by atoms with van der Waals surface area (Å²) in [4.78, 5) is 16.8. The van der Waals surface area contributed by atoms with Crippen molar-refractivity contribution >= 4 is 23.1 Å². The van der Waals surface area contributed by atoms with E-state index in [0.717, 1.165) is 18.7 Å². The lowest BCUT2D eigenvalue weighted by Gasteiger charge is -2.37. The molecule has 1 fully saturated rings. The third kappa shape index (κ3) is 3.51. The van der Waals surface area contributed by atoms with Crippen LogP contribution < -0.4 is 5.73 Å². The Bertz CT molecular complexity index is 554. The van der Waals surface area contributed by atoms with Gasteiger partial charge >= 0.3 is 0 Å². The summed E-state index contributed by atoms with van der Waals surface area (Å²) in [6, 6.07) is 5.16. The summed E-state index contributed by atoms with van der Waals surface area (Å²) in [5.41, 5.74) is 6.95. The first-order valence-electron chi connectivity index (χ1n) is 7.02. The maximum atomic E-state index is 12.4. The van der Waals surface area contributed by atoms with E-state index in [0.29, 0.717) is 23.6 Å². The minimum absolute atomic E-state index is 0.0407. The first-order chi connectivity index (χ1) is 9.90. The summed E-state index contributed by atoms with van der Waals surface area (Å²) in [6.45, 7) is 6.54. The summed E-state index contributed by atoms with van der Waals surface area (Å²) in [6.07, 6.45) is 0. The number of nitrogens with zero attached hydrogens (tertiary/aromatic N) is 2. The van der Waals surface area contributed by atoms with Crippen LogP contribution in [0, 0.1) is 6.92 Å². The number of carbonyl (C=O) groups excluding carboxylic acids is 1. The maximum Gasteiger partial charge on any atom is 0.257 e. The predicted molar refractivity (Wildman–Crippen MR) is 86.6 cm³/mol. The van der Waals surface area contributed by atoms with Crippen LogP contribution in [-0.4, -0.2) is 58.0 Å². The highest BCUT2D eigenvalue weighted by atomic mass is 32.1. The number of piperazine rings is 1. The van der Waals surface area contributed by atoms with Gasteiger partial charge in [-0.25, -0.2) is 0 Å². The Morgan fingerprint density at radius 1 is 1.33 bits per heavy atom. The topological polar surface area (TPSA) is 69.8 Å². The fourth-order valence-electron chi connectivity index (χ4n) is 2.49. The lowest BCUT2D eigenvalue weighted by molar-refractivity contribution is 0.0619. The van der Waals surface area contributed by atoms with Crippen LogP contribution in [0.4, 0.5) is 0 Å². The molecule has 1 aromatic rings. The van der Waals surface area contributed by atoms with Crippen molar-refractivity contribution in [2.75, 3.05) is 26.2 Å². The van der Waals surface area contributed by atoms with E-state index >= 15 is 0 Å². The molecule has 1 atom stereocenters. The number of carbonyl (C=O) groups is 1. The summed E-state index contributed by atoms with van der Waals surface area (Å²) < 4.78 is 0. The molecule has 1 heterocycles. The molecule has 1 aromatic carbocycles. The second-order valence-corrected chi connectivity index (χ2v) is 5.90. The first-order valence-corrected chi connectivity index (χ1v) is 7.43. The van der Waals surface area contributed by atoms with E-state index in [1.165, 1.54) is 0 Å². The molecule has 21 heavy (non-hydrogen) atoms. The molecule has 3 N–H and O–H groups in total. The van der Waals surface area contributed by atoms with E-state index in [2.05, 4.69) is 4.90 Å². The summed E-state index contributed by atoms with van der Waals surface area (Å²) in [5.74, 6) is -0.0888. The molecule has 1 aliphatic rings. The van der Waals surface area contributed by atoms with Crippen LogP contribution in [0.3, 0.4) is 0 Å². The quantitative estimate of drug-likeness (QED) is 0.819. The number of aryl methyl sites for hydroxylation is 1. The second kappa shape index (κ2) is 6.41. The number of benzene rings is 1. The molecule has 1 saturated heterocycles. The number of hydrogen-bond acceptors (Lipinski definition) is 4. The van der Waals surface area contributed by atoms with Gasteiger partial charge in [0.15, 0.2) is 0 Å². The van der Waals surface area contributed by atoms with E-state index in [9.17, 15) is 9.90 Å². The Morgan fingerprint density at radius 3 is 2.48 bits per heavy atom. The highest BCUT2D eigenvalue weighted by Crippen LogP contribution is 2.21. The molecule has 0 aromatic heterocycles. The van der Waals surface area contributed by atoms with E-state index in [1.807, 2.05) is 19.9 Å². The van der Waals surface area contributed by atoms with Crippen LogP contribution in [0.5, 0.6) is 5.75 Å². The Hall–Kier alpha value is -1.66.